The first-order valence-corrected chi connectivity index (χ1v) is 9.17. The molecule has 1 rings (SSSR count). The minimum Gasteiger partial charge on any atom is -0.399 e. The Morgan fingerprint density at radius 1 is 1.05 bits per heavy atom. The van der Waals surface area contributed by atoms with E-state index in [0.717, 1.165) is 18.2 Å². The van der Waals surface area contributed by atoms with E-state index in [-0.39, 0.29) is 10.6 Å². The summed E-state index contributed by atoms with van der Waals surface area (Å²) in [6.07, 6.45) is 0. The maximum atomic E-state index is 13.2. The summed E-state index contributed by atoms with van der Waals surface area (Å²) in [5.41, 5.74) is 5.36. The number of anilines is 1. The van der Waals surface area contributed by atoms with Gasteiger partial charge in [0.15, 0.2) is 19.7 Å². The molecule has 8 heteroatoms. The Balaban J connectivity index is 3.03. The molecule has 0 saturated heterocycles. The minimum absolute atomic E-state index is 0.0257. The van der Waals surface area contributed by atoms with E-state index in [1.54, 1.807) is 0 Å². The van der Waals surface area contributed by atoms with Gasteiger partial charge in [-0.3, -0.25) is 0 Å². The molecule has 0 aromatic heterocycles. The lowest BCUT2D eigenvalue weighted by Gasteiger charge is -2.19. The second-order valence-corrected chi connectivity index (χ2v) is 10.4. The normalized spacial score (nSPS) is 13.4. The molecule has 1 aromatic rings. The number of nitrogen functional groups attached to an aromatic ring is 1. The topological polar surface area (TPSA) is 94.3 Å². The lowest BCUT2D eigenvalue weighted by atomic mass is 10.3. The second kappa shape index (κ2) is 5.33. The molecule has 2 N–H and O–H groups in total. The molecule has 0 radical (unpaired) electrons. The highest BCUT2D eigenvalue weighted by molar-refractivity contribution is 7.95. The molecule has 0 atom stereocenters. The molecule has 0 saturated carbocycles. The van der Waals surface area contributed by atoms with Crippen LogP contribution in [0.2, 0.25) is 0 Å². The lowest BCUT2D eigenvalue weighted by molar-refractivity contribution is 0.559. The molecule has 0 bridgehead atoms. The zero-order chi connectivity index (χ0) is 15.8. The molecule has 1 aromatic carbocycles. The Bertz CT molecular complexity index is 683. The molecule has 0 unspecified atom stereocenters. The Kier molecular flexibility index (Phi) is 4.50. The smallest absolute Gasteiger partial charge is 0.179 e. The Labute approximate surface area is 118 Å². The number of hydrogen-bond donors (Lipinski definition) is 1. The van der Waals surface area contributed by atoms with Crippen LogP contribution >= 0.6 is 0 Å². The number of hydrogen-bond acceptors (Lipinski definition) is 5. The molecule has 0 heterocycles. The number of nitrogens with two attached hydrogens (primary N) is 1. The van der Waals surface area contributed by atoms with Gasteiger partial charge in [-0.2, -0.15) is 0 Å². The van der Waals surface area contributed by atoms with Crippen LogP contribution in [0.25, 0.3) is 0 Å². The van der Waals surface area contributed by atoms with Crippen LogP contribution in [-0.4, -0.2) is 33.1 Å². The quantitative estimate of drug-likeness (QED) is 0.845. The van der Waals surface area contributed by atoms with Crippen molar-refractivity contribution in [3.8, 4) is 0 Å². The molecule has 0 amide bonds. The van der Waals surface area contributed by atoms with E-state index in [2.05, 4.69) is 0 Å². The highest BCUT2D eigenvalue weighted by Gasteiger charge is 2.31. The molecule has 0 aliphatic heterocycles. The van der Waals surface area contributed by atoms with E-state index in [4.69, 9.17) is 5.73 Å². The lowest BCUT2D eigenvalue weighted by Crippen LogP contribution is -2.33. The van der Waals surface area contributed by atoms with Crippen molar-refractivity contribution in [1.82, 2.24) is 0 Å². The average molecular weight is 323 g/mol. The van der Waals surface area contributed by atoms with Crippen LogP contribution in [0.1, 0.15) is 20.8 Å². The third kappa shape index (κ3) is 3.92. The predicted octanol–water partition coefficient (Wildman–Crippen LogP) is 1.39. The molecular formula is C12H18FNO4S2. The van der Waals surface area contributed by atoms with Gasteiger partial charge in [0.05, 0.1) is 21.1 Å². The monoisotopic (exact) mass is 323 g/mol. The first-order valence-electron chi connectivity index (χ1n) is 5.86. The van der Waals surface area contributed by atoms with Crippen molar-refractivity contribution in [1.29, 1.82) is 0 Å². The van der Waals surface area contributed by atoms with Gasteiger partial charge < -0.3 is 5.73 Å². The fraction of sp³-hybridized carbons (Fsp3) is 0.500. The van der Waals surface area contributed by atoms with Gasteiger partial charge in [0.1, 0.15) is 5.82 Å². The fourth-order valence-electron chi connectivity index (χ4n) is 1.41. The van der Waals surface area contributed by atoms with E-state index in [0.29, 0.717) is 0 Å². The highest BCUT2D eigenvalue weighted by atomic mass is 32.2. The van der Waals surface area contributed by atoms with E-state index in [9.17, 15) is 21.2 Å². The van der Waals surface area contributed by atoms with Crippen LogP contribution in [0.4, 0.5) is 10.1 Å². The molecule has 0 fully saturated rings. The van der Waals surface area contributed by atoms with Crippen molar-refractivity contribution in [3.05, 3.63) is 24.0 Å². The van der Waals surface area contributed by atoms with Crippen LogP contribution < -0.4 is 5.73 Å². The maximum Gasteiger partial charge on any atom is 0.179 e. The molecular weight excluding hydrogens is 305 g/mol. The van der Waals surface area contributed by atoms with Gasteiger partial charge in [-0.15, -0.1) is 0 Å². The van der Waals surface area contributed by atoms with E-state index < -0.39 is 41.7 Å². The molecule has 5 nitrogen and oxygen atoms in total. The van der Waals surface area contributed by atoms with Gasteiger partial charge in [0.2, 0.25) is 0 Å². The fourth-order valence-corrected chi connectivity index (χ4v) is 4.62. The number of rotatable bonds is 4. The largest absolute Gasteiger partial charge is 0.399 e. The summed E-state index contributed by atoms with van der Waals surface area (Å²) in [7, 11) is -7.46. The Hall–Kier alpha value is -1.15. The number of benzene rings is 1. The van der Waals surface area contributed by atoms with Gasteiger partial charge in [-0.25, -0.2) is 21.2 Å². The molecule has 20 heavy (non-hydrogen) atoms. The Morgan fingerprint density at radius 3 is 2.05 bits per heavy atom. The zero-order valence-corrected chi connectivity index (χ0v) is 13.2. The van der Waals surface area contributed by atoms with Crippen molar-refractivity contribution >= 4 is 25.4 Å². The van der Waals surface area contributed by atoms with Crippen LogP contribution in [0.3, 0.4) is 0 Å². The summed E-state index contributed by atoms with van der Waals surface area (Å²) < 4.78 is 60.0. The number of halogens is 1. The summed E-state index contributed by atoms with van der Waals surface area (Å²) in [4.78, 5) is -0.306. The summed E-state index contributed by atoms with van der Waals surface area (Å²) in [6, 6.07) is 2.93. The maximum absolute atomic E-state index is 13.2. The summed E-state index contributed by atoms with van der Waals surface area (Å²) in [6.45, 7) is 4.49. The summed E-state index contributed by atoms with van der Waals surface area (Å²) >= 11 is 0. The van der Waals surface area contributed by atoms with Crippen molar-refractivity contribution in [2.24, 2.45) is 0 Å². The summed E-state index contributed by atoms with van der Waals surface area (Å²) in [5.74, 6) is -1.90. The SMILES string of the molecule is CC(C)(C)S(=O)(=O)CCS(=O)(=O)c1cc(N)cc(F)c1. The van der Waals surface area contributed by atoms with Gasteiger partial charge in [0, 0.05) is 5.69 Å². The van der Waals surface area contributed by atoms with Crippen LogP contribution in [-0.2, 0) is 19.7 Å². The molecule has 0 aliphatic carbocycles. The molecule has 114 valence electrons. The molecule has 0 aliphatic rings. The first kappa shape index (κ1) is 16.9. The van der Waals surface area contributed by atoms with E-state index in [1.807, 2.05) is 0 Å². The van der Waals surface area contributed by atoms with Gasteiger partial charge in [0.25, 0.3) is 0 Å². The van der Waals surface area contributed by atoms with Gasteiger partial charge >= 0.3 is 0 Å². The van der Waals surface area contributed by atoms with Crippen LogP contribution in [0.15, 0.2) is 23.1 Å². The molecule has 0 spiro atoms. The minimum atomic E-state index is -3.90. The Morgan fingerprint density at radius 2 is 1.60 bits per heavy atom. The zero-order valence-electron chi connectivity index (χ0n) is 11.6. The van der Waals surface area contributed by atoms with Gasteiger partial charge in [-0.1, -0.05) is 0 Å². The van der Waals surface area contributed by atoms with E-state index in [1.165, 1.54) is 20.8 Å². The predicted molar refractivity (Wildman–Crippen MR) is 76.4 cm³/mol. The average Bonchev–Trinajstić information content (AvgIpc) is 2.24. The van der Waals surface area contributed by atoms with Crippen molar-refractivity contribution in [2.75, 3.05) is 17.2 Å². The first-order chi connectivity index (χ1) is 8.85. The van der Waals surface area contributed by atoms with Crippen molar-refractivity contribution in [3.63, 3.8) is 0 Å². The van der Waals surface area contributed by atoms with Gasteiger partial charge in [-0.05, 0) is 39.0 Å². The van der Waals surface area contributed by atoms with Crippen LogP contribution in [0.5, 0.6) is 0 Å². The third-order valence-electron chi connectivity index (χ3n) is 2.81. The number of sulfone groups is 2. The standard InChI is InChI=1S/C12H18FNO4S2/c1-12(2,3)20(17,18)5-4-19(15,16)11-7-9(13)6-10(14)8-11/h6-8H,4-5,14H2,1-3H3. The summed E-state index contributed by atoms with van der Waals surface area (Å²) in [5, 5.41) is 0. The van der Waals surface area contributed by atoms with E-state index >= 15 is 0 Å². The van der Waals surface area contributed by atoms with Crippen molar-refractivity contribution < 1.29 is 21.2 Å². The highest BCUT2D eigenvalue weighted by Crippen LogP contribution is 2.20. The third-order valence-corrected chi connectivity index (χ3v) is 7.37. The van der Waals surface area contributed by atoms with Crippen molar-refractivity contribution in [2.45, 2.75) is 30.4 Å². The van der Waals surface area contributed by atoms with Crippen LogP contribution in [0, 0.1) is 5.82 Å². The second-order valence-electron chi connectivity index (χ2n) is 5.47.